The smallest absolute Gasteiger partial charge is 0.270 e. The molecule has 0 aromatic heterocycles. The van der Waals surface area contributed by atoms with Gasteiger partial charge < -0.3 is 21.7 Å². The van der Waals surface area contributed by atoms with Crippen LogP contribution < -0.4 is 16.8 Å². The van der Waals surface area contributed by atoms with E-state index in [0.29, 0.717) is 28.9 Å². The van der Waals surface area contributed by atoms with E-state index in [1.165, 1.54) is 0 Å². The Morgan fingerprint density at radius 2 is 2.14 bits per heavy atom. The topological polar surface area (TPSA) is 108 Å². The highest BCUT2D eigenvalue weighted by molar-refractivity contribution is 6.45. The van der Waals surface area contributed by atoms with Gasteiger partial charge in [0.25, 0.3) is 5.91 Å². The van der Waals surface area contributed by atoms with Gasteiger partial charge in [-0.2, -0.15) is 0 Å². The molecule has 3 rings (SSSR count). The van der Waals surface area contributed by atoms with Crippen molar-refractivity contribution in [3.05, 3.63) is 23.8 Å². The van der Waals surface area contributed by atoms with Crippen molar-refractivity contribution in [2.24, 2.45) is 5.92 Å². The summed E-state index contributed by atoms with van der Waals surface area (Å²) in [5, 5.41) is 11.0. The summed E-state index contributed by atoms with van der Waals surface area (Å²) in [5.74, 6) is 0.146. The summed E-state index contributed by atoms with van der Waals surface area (Å²) in [4.78, 5) is 14.6. The highest BCUT2D eigenvalue weighted by Gasteiger charge is 2.43. The van der Waals surface area contributed by atoms with Crippen molar-refractivity contribution < 1.29 is 4.79 Å². The second-order valence-corrected chi connectivity index (χ2v) is 6.13. The predicted molar refractivity (Wildman–Crippen MR) is 83.2 cm³/mol. The van der Waals surface area contributed by atoms with Crippen molar-refractivity contribution in [2.75, 3.05) is 25.1 Å². The SMILES string of the molecule is CN1CC2CC1CC2NC(=O)C(=N)c1ccc(N)cc1N. The van der Waals surface area contributed by atoms with Gasteiger partial charge in [-0.1, -0.05) is 0 Å². The van der Waals surface area contributed by atoms with Gasteiger partial charge in [-0.3, -0.25) is 10.2 Å². The lowest BCUT2D eigenvalue weighted by atomic mass is 10.0. The van der Waals surface area contributed by atoms with E-state index in [2.05, 4.69) is 17.3 Å². The lowest BCUT2D eigenvalue weighted by Crippen LogP contribution is -2.46. The number of nitrogens with two attached hydrogens (primary N) is 2. The number of rotatable bonds is 3. The van der Waals surface area contributed by atoms with Crippen LogP contribution in [0.4, 0.5) is 11.4 Å². The van der Waals surface area contributed by atoms with Crippen molar-refractivity contribution >= 4 is 23.0 Å². The first-order chi connectivity index (χ1) is 9.95. The van der Waals surface area contributed by atoms with Gasteiger partial charge in [-0.05, 0) is 44.0 Å². The third-order valence-electron chi connectivity index (χ3n) is 4.70. The van der Waals surface area contributed by atoms with E-state index in [-0.39, 0.29) is 17.7 Å². The Morgan fingerprint density at radius 1 is 1.38 bits per heavy atom. The fourth-order valence-electron chi connectivity index (χ4n) is 3.52. The zero-order chi connectivity index (χ0) is 15.1. The Hall–Kier alpha value is -2.08. The largest absolute Gasteiger partial charge is 0.399 e. The second kappa shape index (κ2) is 5.04. The van der Waals surface area contributed by atoms with Crippen LogP contribution in [0, 0.1) is 11.3 Å². The maximum atomic E-state index is 12.3. The Bertz CT molecular complexity index is 598. The summed E-state index contributed by atoms with van der Waals surface area (Å²) >= 11 is 0. The Kier molecular flexibility index (Phi) is 3.33. The molecule has 3 unspecified atom stereocenters. The fraction of sp³-hybridized carbons (Fsp3) is 0.467. The lowest BCUT2D eigenvalue weighted by molar-refractivity contribution is -0.115. The maximum absolute atomic E-state index is 12.3. The molecule has 0 radical (unpaired) electrons. The average molecular weight is 287 g/mol. The summed E-state index contributed by atoms with van der Waals surface area (Å²) in [5.41, 5.74) is 12.7. The number of nitrogens with zero attached hydrogens (tertiary/aromatic N) is 1. The molecule has 1 aromatic carbocycles. The van der Waals surface area contributed by atoms with E-state index in [9.17, 15) is 4.79 Å². The molecular weight excluding hydrogens is 266 g/mol. The first-order valence-electron chi connectivity index (χ1n) is 7.20. The molecule has 1 saturated heterocycles. The van der Waals surface area contributed by atoms with Gasteiger partial charge in [0, 0.05) is 35.6 Å². The fourth-order valence-corrected chi connectivity index (χ4v) is 3.52. The van der Waals surface area contributed by atoms with Gasteiger partial charge in [0.15, 0.2) is 0 Å². The van der Waals surface area contributed by atoms with E-state index in [1.54, 1.807) is 18.2 Å². The number of carbonyl (C=O) groups excluding carboxylic acids is 1. The van der Waals surface area contributed by atoms with Gasteiger partial charge in [-0.15, -0.1) is 0 Å². The lowest BCUT2D eigenvalue weighted by Gasteiger charge is -2.29. The molecule has 6 nitrogen and oxygen atoms in total. The van der Waals surface area contributed by atoms with E-state index >= 15 is 0 Å². The molecule has 3 atom stereocenters. The Labute approximate surface area is 124 Å². The number of benzene rings is 1. The Morgan fingerprint density at radius 3 is 2.71 bits per heavy atom. The van der Waals surface area contributed by atoms with Crippen LogP contribution in [-0.4, -0.2) is 42.2 Å². The van der Waals surface area contributed by atoms with Crippen molar-refractivity contribution in [3.63, 3.8) is 0 Å². The normalized spacial score (nSPS) is 27.8. The molecule has 1 aliphatic heterocycles. The summed E-state index contributed by atoms with van der Waals surface area (Å²) in [6.07, 6.45) is 2.11. The number of piperidine rings is 1. The quantitative estimate of drug-likeness (QED) is 0.477. The Balaban J connectivity index is 1.67. The number of nitrogens with one attached hydrogen (secondary N) is 2. The van der Waals surface area contributed by atoms with Crippen molar-refractivity contribution in [3.8, 4) is 0 Å². The number of anilines is 2. The number of carbonyl (C=O) groups is 1. The minimum absolute atomic E-state index is 0.0939. The molecule has 2 bridgehead atoms. The second-order valence-electron chi connectivity index (χ2n) is 6.13. The predicted octanol–water partition coefficient (Wildman–Crippen LogP) is 0.428. The van der Waals surface area contributed by atoms with E-state index in [1.807, 2.05) is 0 Å². The molecule has 0 spiro atoms. The van der Waals surface area contributed by atoms with Crippen LogP contribution in [0.15, 0.2) is 18.2 Å². The molecule has 21 heavy (non-hydrogen) atoms. The third-order valence-corrected chi connectivity index (χ3v) is 4.70. The van der Waals surface area contributed by atoms with Gasteiger partial charge in [0.05, 0.1) is 0 Å². The maximum Gasteiger partial charge on any atom is 0.270 e. The molecular formula is C15H21N5O. The average Bonchev–Trinajstić information content (AvgIpc) is 2.97. The van der Waals surface area contributed by atoms with Crippen LogP contribution in [0.3, 0.4) is 0 Å². The molecule has 1 heterocycles. The van der Waals surface area contributed by atoms with Crippen LogP contribution in [0.1, 0.15) is 18.4 Å². The van der Waals surface area contributed by atoms with Gasteiger partial charge in [0.1, 0.15) is 5.71 Å². The zero-order valence-corrected chi connectivity index (χ0v) is 12.1. The highest BCUT2D eigenvalue weighted by Crippen LogP contribution is 2.36. The number of hydrogen-bond acceptors (Lipinski definition) is 5. The molecule has 2 aliphatic rings. The molecule has 112 valence electrons. The van der Waals surface area contributed by atoms with Crippen LogP contribution in [0.2, 0.25) is 0 Å². The standard InChI is InChI=1S/C15H21N5O/c1-20-7-8-4-10(20)6-13(8)19-15(21)14(18)11-3-2-9(16)5-12(11)17/h2-3,5,8,10,13,18H,4,6-7,16-17H2,1H3,(H,19,21). The van der Waals surface area contributed by atoms with Crippen molar-refractivity contribution in [1.29, 1.82) is 5.41 Å². The molecule has 1 saturated carbocycles. The van der Waals surface area contributed by atoms with Crippen molar-refractivity contribution in [2.45, 2.75) is 24.9 Å². The first-order valence-corrected chi connectivity index (χ1v) is 7.20. The monoisotopic (exact) mass is 287 g/mol. The van der Waals surface area contributed by atoms with E-state index in [0.717, 1.165) is 19.4 Å². The zero-order valence-electron chi connectivity index (χ0n) is 12.1. The van der Waals surface area contributed by atoms with Crippen LogP contribution in [0.5, 0.6) is 0 Å². The van der Waals surface area contributed by atoms with Crippen LogP contribution in [0.25, 0.3) is 0 Å². The minimum Gasteiger partial charge on any atom is -0.399 e. The summed E-state index contributed by atoms with van der Waals surface area (Å²) in [7, 11) is 2.12. The first kappa shape index (κ1) is 13.9. The molecule has 6 N–H and O–H groups in total. The highest BCUT2D eigenvalue weighted by atomic mass is 16.1. The molecule has 1 aromatic rings. The number of fused-ring (bicyclic) bond motifs is 2. The number of amides is 1. The van der Waals surface area contributed by atoms with E-state index < -0.39 is 0 Å². The van der Waals surface area contributed by atoms with Gasteiger partial charge in [0.2, 0.25) is 0 Å². The van der Waals surface area contributed by atoms with Gasteiger partial charge >= 0.3 is 0 Å². The number of nitrogen functional groups attached to an aromatic ring is 2. The minimum atomic E-state index is -0.355. The summed E-state index contributed by atoms with van der Waals surface area (Å²) in [6, 6.07) is 5.59. The van der Waals surface area contributed by atoms with Crippen molar-refractivity contribution in [1.82, 2.24) is 10.2 Å². The molecule has 1 amide bonds. The molecule has 6 heteroatoms. The molecule has 1 aliphatic carbocycles. The molecule has 2 fully saturated rings. The van der Waals surface area contributed by atoms with Crippen LogP contribution in [-0.2, 0) is 4.79 Å². The third kappa shape index (κ3) is 2.47. The van der Waals surface area contributed by atoms with Crippen LogP contribution >= 0.6 is 0 Å². The summed E-state index contributed by atoms with van der Waals surface area (Å²) < 4.78 is 0. The summed E-state index contributed by atoms with van der Waals surface area (Å²) in [6.45, 7) is 1.02. The number of likely N-dealkylation sites (tertiary alicyclic amines) is 1. The van der Waals surface area contributed by atoms with E-state index in [4.69, 9.17) is 16.9 Å². The number of hydrogen-bond donors (Lipinski definition) is 4. The van der Waals surface area contributed by atoms with Gasteiger partial charge in [-0.25, -0.2) is 0 Å².